The molecule has 1 aliphatic heterocycles. The summed E-state index contributed by atoms with van der Waals surface area (Å²) in [6, 6.07) is 10.9. The fraction of sp³-hybridized carbons (Fsp3) is 0.320. The summed E-state index contributed by atoms with van der Waals surface area (Å²) in [7, 11) is 2.63. The van der Waals surface area contributed by atoms with E-state index >= 15 is 0 Å². The van der Waals surface area contributed by atoms with Crippen LogP contribution >= 0.6 is 32.2 Å². The van der Waals surface area contributed by atoms with Crippen molar-refractivity contribution in [3.8, 4) is 5.75 Å². The molecule has 2 amide bonds. The first-order valence-electron chi connectivity index (χ1n) is 11.3. The quantitative estimate of drug-likeness (QED) is 0.293. The maximum absolute atomic E-state index is 12.7. The topological polar surface area (TPSA) is 102 Å². The highest BCUT2D eigenvalue weighted by atomic mass is 127. The predicted molar refractivity (Wildman–Crippen MR) is 151 cm³/mol. The minimum atomic E-state index is -0.604. The number of aromatic nitrogens is 1. The van der Waals surface area contributed by atoms with Gasteiger partial charge in [0, 0.05) is 30.9 Å². The number of benzene rings is 1. The third-order valence-corrected chi connectivity index (χ3v) is 6.68. The molecule has 2 atom stereocenters. The van der Waals surface area contributed by atoms with E-state index in [0.29, 0.717) is 30.4 Å². The molecule has 0 radical (unpaired) electrons. The van der Waals surface area contributed by atoms with Crippen molar-refractivity contribution in [2.24, 2.45) is 0 Å². The Bertz CT molecular complexity index is 1120. The van der Waals surface area contributed by atoms with Gasteiger partial charge in [0.25, 0.3) is 11.8 Å². The highest BCUT2D eigenvalue weighted by Gasteiger charge is 2.20. The molecular weight excluding hydrogens is 594 g/mol. The number of carbonyl (C=O) groups excluding carboxylic acids is 2. The van der Waals surface area contributed by atoms with Gasteiger partial charge in [-0.2, -0.15) is 0 Å². The number of ether oxygens (including phenoxy) is 2. The van der Waals surface area contributed by atoms with Gasteiger partial charge in [-0.05, 0) is 42.1 Å². The lowest BCUT2D eigenvalue weighted by atomic mass is 10.1. The van der Waals surface area contributed by atoms with Crippen LogP contribution in [-0.4, -0.2) is 55.8 Å². The van der Waals surface area contributed by atoms with Crippen LogP contribution in [0.1, 0.15) is 22.5 Å². The molecule has 192 valence electrons. The number of aryl methyl sites for hydroxylation is 1. The van der Waals surface area contributed by atoms with Crippen molar-refractivity contribution in [3.05, 3.63) is 72.2 Å². The molecule has 1 saturated heterocycles. The van der Waals surface area contributed by atoms with Crippen LogP contribution in [0.15, 0.2) is 61.0 Å². The first-order chi connectivity index (χ1) is 17.3. The molecule has 3 rings (SSSR count). The summed E-state index contributed by atoms with van der Waals surface area (Å²) < 4.78 is 16.4. The Balaban J connectivity index is 1.48. The Morgan fingerprint density at radius 1 is 1.22 bits per heavy atom. The molecule has 1 aromatic carbocycles. The van der Waals surface area contributed by atoms with Crippen LogP contribution in [0.3, 0.4) is 0 Å². The number of hydrogen-bond donors (Lipinski definition) is 2. The largest absolute Gasteiger partial charge is 0.484 e. The predicted octanol–water partition coefficient (Wildman–Crippen LogP) is 2.80. The van der Waals surface area contributed by atoms with Gasteiger partial charge in [0.15, 0.2) is 6.61 Å². The van der Waals surface area contributed by atoms with Crippen molar-refractivity contribution in [2.75, 3.05) is 37.8 Å². The van der Waals surface area contributed by atoms with Gasteiger partial charge in [-0.25, -0.2) is 4.98 Å². The molecule has 2 unspecified atom stereocenters. The molecule has 2 heterocycles. The Kier molecular flexibility index (Phi) is 10.7. The van der Waals surface area contributed by atoms with Crippen LogP contribution in [0.2, 0.25) is 0 Å². The average molecular weight is 624 g/mol. The van der Waals surface area contributed by atoms with Crippen molar-refractivity contribution in [1.82, 2.24) is 15.6 Å². The van der Waals surface area contributed by atoms with Crippen LogP contribution in [0.25, 0.3) is 0 Å². The van der Waals surface area contributed by atoms with Gasteiger partial charge in [-0.15, -0.1) is 9.24 Å². The molecule has 0 spiro atoms. The smallest absolute Gasteiger partial charge is 0.274 e. The molecule has 1 aromatic heterocycles. The summed E-state index contributed by atoms with van der Waals surface area (Å²) in [5.74, 6) is 0.568. The van der Waals surface area contributed by atoms with Crippen molar-refractivity contribution in [2.45, 2.75) is 19.4 Å². The molecule has 11 heteroatoms. The Hall–Kier alpha value is -2.53. The van der Waals surface area contributed by atoms with Gasteiger partial charge in [-0.3, -0.25) is 9.59 Å². The molecule has 9 nitrogen and oxygen atoms in total. The summed E-state index contributed by atoms with van der Waals surface area (Å²) >= 11 is 1.73. The monoisotopic (exact) mass is 624 g/mol. The number of amides is 2. The third-order valence-electron chi connectivity index (χ3n) is 5.44. The Labute approximate surface area is 227 Å². The van der Waals surface area contributed by atoms with E-state index in [4.69, 9.17) is 12.5 Å². The Morgan fingerprint density at radius 2 is 1.97 bits per heavy atom. The van der Waals surface area contributed by atoms with Gasteiger partial charge in [-0.1, -0.05) is 25.3 Å². The SMILES string of the molecule is C=C(CC(OI)C(=C)NC(=O)COc1ccc(C)c(P)c1)NC(=O)c1cccc(N2CCOCC2)n1. The summed E-state index contributed by atoms with van der Waals surface area (Å²) in [5.41, 5.74) is 2.12. The van der Waals surface area contributed by atoms with Gasteiger partial charge < -0.3 is 28.1 Å². The number of nitrogens with one attached hydrogen (secondary N) is 2. The maximum atomic E-state index is 12.7. The fourth-order valence-electron chi connectivity index (χ4n) is 3.38. The molecule has 0 saturated carbocycles. The minimum Gasteiger partial charge on any atom is -0.484 e. The number of morpholine rings is 1. The van der Waals surface area contributed by atoms with Crippen molar-refractivity contribution >= 4 is 55.2 Å². The Morgan fingerprint density at radius 3 is 2.67 bits per heavy atom. The standard InChI is InChI=1S/C25H30IN4O5P/c1-16-7-8-19(14-22(16)36)34-15-24(31)28-18(3)21(35-26)13-17(2)27-25(32)20-5-4-6-23(29-20)30-9-11-33-12-10-30/h4-8,14,21H,2-3,9-13,15,36H2,1H3,(H,27,32)(H,28,31). The normalized spacial score (nSPS) is 14.0. The zero-order valence-corrected chi connectivity index (χ0v) is 23.4. The molecule has 1 fully saturated rings. The first-order valence-corrected chi connectivity index (χ1v) is 12.8. The first kappa shape index (κ1) is 28.0. The number of carbonyl (C=O) groups is 2. The van der Waals surface area contributed by atoms with Gasteiger partial charge in [0.1, 0.15) is 46.4 Å². The van der Waals surface area contributed by atoms with Crippen molar-refractivity contribution in [3.63, 3.8) is 0 Å². The van der Waals surface area contributed by atoms with Crippen LogP contribution < -0.4 is 25.6 Å². The van der Waals surface area contributed by atoms with Crippen LogP contribution in [-0.2, 0) is 12.6 Å². The maximum Gasteiger partial charge on any atom is 0.274 e. The van der Waals surface area contributed by atoms with Gasteiger partial charge in [0.2, 0.25) is 0 Å². The summed E-state index contributed by atoms with van der Waals surface area (Å²) in [6.45, 7) is 12.3. The molecule has 1 aliphatic rings. The zero-order chi connectivity index (χ0) is 26.1. The second kappa shape index (κ2) is 13.7. The summed E-state index contributed by atoms with van der Waals surface area (Å²) in [5, 5.41) is 6.44. The van der Waals surface area contributed by atoms with Crippen molar-refractivity contribution in [1.29, 1.82) is 0 Å². The molecular formula is C25H30IN4O5P. The highest BCUT2D eigenvalue weighted by Crippen LogP contribution is 2.17. The van der Waals surface area contributed by atoms with E-state index < -0.39 is 6.10 Å². The number of rotatable bonds is 11. The van der Waals surface area contributed by atoms with E-state index in [2.05, 4.69) is 42.9 Å². The van der Waals surface area contributed by atoms with Crippen LogP contribution in [0, 0.1) is 6.92 Å². The van der Waals surface area contributed by atoms with E-state index in [1.54, 1.807) is 41.2 Å². The molecule has 2 N–H and O–H groups in total. The number of nitrogens with zero attached hydrogens (tertiary/aromatic N) is 2. The fourth-order valence-corrected chi connectivity index (χ4v) is 4.13. The molecule has 36 heavy (non-hydrogen) atoms. The zero-order valence-electron chi connectivity index (χ0n) is 20.1. The van der Waals surface area contributed by atoms with E-state index in [-0.39, 0.29) is 30.5 Å². The van der Waals surface area contributed by atoms with E-state index in [0.717, 1.165) is 29.8 Å². The summed E-state index contributed by atoms with van der Waals surface area (Å²) in [4.78, 5) is 31.6. The second-order valence-electron chi connectivity index (χ2n) is 8.20. The van der Waals surface area contributed by atoms with E-state index in [1.807, 2.05) is 25.1 Å². The molecule has 2 aromatic rings. The highest BCUT2D eigenvalue weighted by molar-refractivity contribution is 14.1. The molecule has 0 aliphatic carbocycles. The summed E-state index contributed by atoms with van der Waals surface area (Å²) in [6.07, 6.45) is -0.389. The van der Waals surface area contributed by atoms with E-state index in [9.17, 15) is 9.59 Å². The van der Waals surface area contributed by atoms with E-state index in [1.165, 1.54) is 0 Å². The lowest BCUT2D eigenvalue weighted by molar-refractivity contribution is -0.122. The third kappa shape index (κ3) is 8.26. The lowest BCUT2D eigenvalue weighted by Crippen LogP contribution is -2.37. The minimum absolute atomic E-state index is 0.178. The number of anilines is 1. The van der Waals surface area contributed by atoms with Gasteiger partial charge in [0.05, 0.1) is 13.2 Å². The second-order valence-corrected chi connectivity index (χ2v) is 9.33. The number of halogens is 1. The molecule has 0 bridgehead atoms. The number of hydrogen-bond acceptors (Lipinski definition) is 7. The average Bonchev–Trinajstić information content (AvgIpc) is 2.88. The van der Waals surface area contributed by atoms with Gasteiger partial charge >= 0.3 is 0 Å². The lowest BCUT2D eigenvalue weighted by Gasteiger charge is -2.28. The van der Waals surface area contributed by atoms with Crippen LogP contribution in [0.4, 0.5) is 5.82 Å². The number of pyridine rings is 1. The van der Waals surface area contributed by atoms with Crippen LogP contribution in [0.5, 0.6) is 5.75 Å². The van der Waals surface area contributed by atoms with Crippen molar-refractivity contribution < 1.29 is 22.1 Å².